The van der Waals surface area contributed by atoms with Crippen molar-refractivity contribution in [2.45, 2.75) is 20.3 Å². The van der Waals surface area contributed by atoms with Crippen molar-refractivity contribution in [2.75, 3.05) is 33.5 Å². The van der Waals surface area contributed by atoms with Gasteiger partial charge in [-0.05, 0) is 31.5 Å². The number of carbonyl (C=O) groups excluding carboxylic acids is 1. The van der Waals surface area contributed by atoms with Gasteiger partial charge in [-0.2, -0.15) is 0 Å². The van der Waals surface area contributed by atoms with Crippen molar-refractivity contribution in [3.05, 3.63) is 23.8 Å². The summed E-state index contributed by atoms with van der Waals surface area (Å²) in [5, 5.41) is 2.77. The van der Waals surface area contributed by atoms with E-state index in [2.05, 4.69) is 5.32 Å². The molecule has 0 aromatic heterocycles. The Bertz CT molecular complexity index is 420. The van der Waals surface area contributed by atoms with E-state index in [1.54, 1.807) is 25.3 Å². The molecule has 0 aliphatic carbocycles. The third kappa shape index (κ3) is 5.09. The van der Waals surface area contributed by atoms with Gasteiger partial charge in [-0.3, -0.25) is 4.79 Å². The van der Waals surface area contributed by atoms with Crippen LogP contribution in [-0.2, 0) is 4.74 Å². The van der Waals surface area contributed by atoms with Crippen LogP contribution in [0.25, 0.3) is 0 Å². The number of ether oxygens (including phenoxy) is 3. The van der Waals surface area contributed by atoms with Crippen LogP contribution < -0.4 is 14.8 Å². The van der Waals surface area contributed by atoms with E-state index in [0.29, 0.717) is 43.4 Å². The SMILES string of the molecule is CCCOc1ccc(C(=O)NCCOC)cc1OCC. The second-order valence-corrected chi connectivity index (χ2v) is 4.19. The van der Waals surface area contributed by atoms with Crippen LogP contribution in [0.4, 0.5) is 0 Å². The maximum atomic E-state index is 11.9. The summed E-state index contributed by atoms with van der Waals surface area (Å²) >= 11 is 0. The minimum Gasteiger partial charge on any atom is -0.490 e. The normalized spacial score (nSPS) is 10.2. The molecule has 0 fully saturated rings. The molecular formula is C15H23NO4. The monoisotopic (exact) mass is 281 g/mol. The molecule has 0 atom stereocenters. The van der Waals surface area contributed by atoms with Gasteiger partial charge < -0.3 is 19.5 Å². The molecule has 1 aromatic rings. The molecule has 0 saturated heterocycles. The third-order valence-electron chi connectivity index (χ3n) is 2.56. The Morgan fingerprint density at radius 1 is 1.15 bits per heavy atom. The molecule has 20 heavy (non-hydrogen) atoms. The molecule has 0 spiro atoms. The fourth-order valence-electron chi connectivity index (χ4n) is 1.62. The first-order chi connectivity index (χ1) is 9.72. The molecule has 0 aliphatic heterocycles. The lowest BCUT2D eigenvalue weighted by molar-refractivity contribution is 0.0936. The molecule has 0 radical (unpaired) electrons. The van der Waals surface area contributed by atoms with Gasteiger partial charge in [0.15, 0.2) is 11.5 Å². The molecule has 0 aliphatic rings. The maximum Gasteiger partial charge on any atom is 0.251 e. The summed E-state index contributed by atoms with van der Waals surface area (Å²) in [5.41, 5.74) is 0.549. The van der Waals surface area contributed by atoms with Gasteiger partial charge in [0.2, 0.25) is 0 Å². The standard InChI is InChI=1S/C15H23NO4/c1-4-9-20-13-7-6-12(11-14(13)19-5-2)15(17)16-8-10-18-3/h6-7,11H,4-5,8-10H2,1-3H3,(H,16,17). The summed E-state index contributed by atoms with van der Waals surface area (Å²) in [6.07, 6.45) is 0.921. The third-order valence-corrected chi connectivity index (χ3v) is 2.56. The van der Waals surface area contributed by atoms with Crippen molar-refractivity contribution in [1.29, 1.82) is 0 Å². The van der Waals surface area contributed by atoms with Crippen LogP contribution in [0.5, 0.6) is 11.5 Å². The van der Waals surface area contributed by atoms with E-state index in [9.17, 15) is 4.79 Å². The highest BCUT2D eigenvalue weighted by molar-refractivity contribution is 5.94. The second-order valence-electron chi connectivity index (χ2n) is 4.19. The molecule has 1 aromatic carbocycles. The van der Waals surface area contributed by atoms with Crippen molar-refractivity contribution < 1.29 is 19.0 Å². The smallest absolute Gasteiger partial charge is 0.251 e. The summed E-state index contributed by atoms with van der Waals surface area (Å²) in [6.45, 7) is 6.05. The minimum atomic E-state index is -0.148. The van der Waals surface area contributed by atoms with Crippen LogP contribution in [0.15, 0.2) is 18.2 Å². The fourth-order valence-corrected chi connectivity index (χ4v) is 1.62. The quantitative estimate of drug-likeness (QED) is 0.705. The summed E-state index contributed by atoms with van der Waals surface area (Å²) in [6, 6.07) is 5.21. The Labute approximate surface area is 120 Å². The van der Waals surface area contributed by atoms with E-state index in [4.69, 9.17) is 14.2 Å². The molecule has 0 unspecified atom stereocenters. The molecule has 0 saturated carbocycles. The number of carbonyl (C=O) groups is 1. The Balaban J connectivity index is 2.77. The fraction of sp³-hybridized carbons (Fsp3) is 0.533. The number of methoxy groups -OCH3 is 1. The zero-order valence-electron chi connectivity index (χ0n) is 12.4. The summed E-state index contributed by atoms with van der Waals surface area (Å²) < 4.78 is 16.0. The van der Waals surface area contributed by atoms with Crippen molar-refractivity contribution in [3.8, 4) is 11.5 Å². The lowest BCUT2D eigenvalue weighted by atomic mass is 10.2. The molecule has 5 nitrogen and oxygen atoms in total. The van der Waals surface area contributed by atoms with Crippen LogP contribution in [-0.4, -0.2) is 39.4 Å². The number of nitrogens with one attached hydrogen (secondary N) is 1. The van der Waals surface area contributed by atoms with Gasteiger partial charge in [0.1, 0.15) is 0 Å². The minimum absolute atomic E-state index is 0.148. The van der Waals surface area contributed by atoms with E-state index in [0.717, 1.165) is 6.42 Å². The highest BCUT2D eigenvalue weighted by atomic mass is 16.5. The first kappa shape index (κ1) is 16.3. The van der Waals surface area contributed by atoms with Crippen LogP contribution in [0.2, 0.25) is 0 Å². The van der Waals surface area contributed by atoms with Gasteiger partial charge in [0.05, 0.1) is 19.8 Å². The van der Waals surface area contributed by atoms with Crippen molar-refractivity contribution in [2.24, 2.45) is 0 Å². The number of amides is 1. The lowest BCUT2D eigenvalue weighted by Gasteiger charge is -2.13. The summed E-state index contributed by atoms with van der Waals surface area (Å²) in [7, 11) is 1.60. The average Bonchev–Trinajstić information content (AvgIpc) is 2.46. The zero-order valence-corrected chi connectivity index (χ0v) is 12.4. The number of hydrogen-bond donors (Lipinski definition) is 1. The van der Waals surface area contributed by atoms with Crippen LogP contribution in [0, 0.1) is 0 Å². The molecule has 1 amide bonds. The lowest BCUT2D eigenvalue weighted by Crippen LogP contribution is -2.26. The molecule has 1 N–H and O–H groups in total. The Kier molecular flexibility index (Phi) is 7.50. The van der Waals surface area contributed by atoms with E-state index < -0.39 is 0 Å². The van der Waals surface area contributed by atoms with E-state index in [-0.39, 0.29) is 5.91 Å². The molecule has 5 heteroatoms. The van der Waals surface area contributed by atoms with Gasteiger partial charge in [-0.15, -0.1) is 0 Å². The highest BCUT2D eigenvalue weighted by Gasteiger charge is 2.11. The van der Waals surface area contributed by atoms with Crippen LogP contribution in [0.3, 0.4) is 0 Å². The zero-order chi connectivity index (χ0) is 14.8. The predicted molar refractivity (Wildman–Crippen MR) is 77.6 cm³/mol. The van der Waals surface area contributed by atoms with E-state index >= 15 is 0 Å². The van der Waals surface area contributed by atoms with Crippen molar-refractivity contribution in [1.82, 2.24) is 5.32 Å². The summed E-state index contributed by atoms with van der Waals surface area (Å²) in [5.74, 6) is 1.12. The topological polar surface area (TPSA) is 56.8 Å². The molecule has 1 rings (SSSR count). The number of benzene rings is 1. The van der Waals surface area contributed by atoms with Gasteiger partial charge in [0, 0.05) is 19.2 Å². The summed E-state index contributed by atoms with van der Waals surface area (Å²) in [4.78, 5) is 11.9. The molecular weight excluding hydrogens is 258 g/mol. The second kappa shape index (κ2) is 9.20. The van der Waals surface area contributed by atoms with Gasteiger partial charge in [-0.25, -0.2) is 0 Å². The number of hydrogen-bond acceptors (Lipinski definition) is 4. The van der Waals surface area contributed by atoms with Crippen LogP contribution in [0.1, 0.15) is 30.6 Å². The van der Waals surface area contributed by atoms with Gasteiger partial charge in [-0.1, -0.05) is 6.92 Å². The van der Waals surface area contributed by atoms with Crippen molar-refractivity contribution >= 4 is 5.91 Å². The van der Waals surface area contributed by atoms with Crippen molar-refractivity contribution in [3.63, 3.8) is 0 Å². The maximum absolute atomic E-state index is 11.9. The highest BCUT2D eigenvalue weighted by Crippen LogP contribution is 2.28. The van der Waals surface area contributed by atoms with Gasteiger partial charge >= 0.3 is 0 Å². The van der Waals surface area contributed by atoms with E-state index in [1.165, 1.54) is 0 Å². The predicted octanol–water partition coefficient (Wildman–Crippen LogP) is 2.25. The van der Waals surface area contributed by atoms with Gasteiger partial charge in [0.25, 0.3) is 5.91 Å². The Morgan fingerprint density at radius 3 is 2.60 bits per heavy atom. The van der Waals surface area contributed by atoms with Crippen LogP contribution >= 0.6 is 0 Å². The first-order valence-electron chi connectivity index (χ1n) is 6.89. The Morgan fingerprint density at radius 2 is 1.95 bits per heavy atom. The molecule has 112 valence electrons. The first-order valence-corrected chi connectivity index (χ1v) is 6.89. The number of rotatable bonds is 9. The van der Waals surface area contributed by atoms with E-state index in [1.807, 2.05) is 13.8 Å². The molecule has 0 heterocycles. The Hall–Kier alpha value is -1.75. The largest absolute Gasteiger partial charge is 0.490 e. The average molecular weight is 281 g/mol. The molecule has 0 bridgehead atoms.